The number of carbonyl (C=O) groups excluding carboxylic acids is 1. The average molecular weight is 272 g/mol. The summed E-state index contributed by atoms with van der Waals surface area (Å²) < 4.78 is 28.1. The van der Waals surface area contributed by atoms with Gasteiger partial charge in [-0.1, -0.05) is 26.0 Å². The van der Waals surface area contributed by atoms with Gasteiger partial charge in [0.15, 0.2) is 0 Å². The molecule has 0 unspecified atom stereocenters. The number of rotatable bonds is 7. The van der Waals surface area contributed by atoms with Crippen molar-refractivity contribution in [2.75, 3.05) is 6.54 Å². The molecule has 0 radical (unpaired) electrons. The monoisotopic (exact) mass is 272 g/mol. The molecule has 0 aliphatic carbocycles. The molecule has 0 fully saturated rings. The van der Waals surface area contributed by atoms with Crippen molar-refractivity contribution in [3.63, 3.8) is 0 Å². The number of alkyl halides is 2. The molecule has 0 heterocycles. The Morgan fingerprint density at radius 2 is 1.89 bits per heavy atom. The molecule has 1 amide bonds. The van der Waals surface area contributed by atoms with Crippen LogP contribution in [0.1, 0.15) is 19.4 Å². The van der Waals surface area contributed by atoms with Crippen molar-refractivity contribution >= 4 is 5.91 Å². The van der Waals surface area contributed by atoms with E-state index in [9.17, 15) is 13.6 Å². The van der Waals surface area contributed by atoms with E-state index < -0.39 is 6.61 Å². The van der Waals surface area contributed by atoms with Crippen LogP contribution in [-0.4, -0.2) is 25.1 Å². The van der Waals surface area contributed by atoms with Crippen LogP contribution in [0.4, 0.5) is 8.78 Å². The number of hydrogen-bond donors (Lipinski definition) is 2. The minimum Gasteiger partial charge on any atom is -0.435 e. The zero-order valence-electron chi connectivity index (χ0n) is 11.0. The topological polar surface area (TPSA) is 50.4 Å². The summed E-state index contributed by atoms with van der Waals surface area (Å²) in [6.07, 6.45) is 0. The van der Waals surface area contributed by atoms with Crippen LogP contribution in [-0.2, 0) is 11.3 Å². The lowest BCUT2D eigenvalue weighted by Crippen LogP contribution is -2.36. The molecule has 2 N–H and O–H groups in total. The Balaban J connectivity index is 2.35. The van der Waals surface area contributed by atoms with Gasteiger partial charge in [-0.05, 0) is 17.7 Å². The van der Waals surface area contributed by atoms with Crippen LogP contribution in [0.15, 0.2) is 24.3 Å². The molecule has 0 bridgehead atoms. The molecule has 1 aromatic rings. The second-order valence-electron chi connectivity index (χ2n) is 4.33. The van der Waals surface area contributed by atoms with Gasteiger partial charge in [0.2, 0.25) is 5.91 Å². The number of benzene rings is 1. The van der Waals surface area contributed by atoms with E-state index in [2.05, 4.69) is 15.4 Å². The van der Waals surface area contributed by atoms with Gasteiger partial charge in [0.25, 0.3) is 0 Å². The molecule has 0 atom stereocenters. The van der Waals surface area contributed by atoms with Gasteiger partial charge in [-0.25, -0.2) is 0 Å². The Kier molecular flexibility index (Phi) is 6.21. The fraction of sp³-hybridized carbons (Fsp3) is 0.462. The summed E-state index contributed by atoms with van der Waals surface area (Å²) in [7, 11) is 0. The van der Waals surface area contributed by atoms with Gasteiger partial charge in [0.05, 0.1) is 6.54 Å². The summed E-state index contributed by atoms with van der Waals surface area (Å²) in [4.78, 5) is 11.4. The second-order valence-corrected chi connectivity index (χ2v) is 4.33. The van der Waals surface area contributed by atoms with Crippen LogP contribution in [0.25, 0.3) is 0 Å². The summed E-state index contributed by atoms with van der Waals surface area (Å²) in [5.74, 6) is -0.00634. The van der Waals surface area contributed by atoms with Crippen LogP contribution < -0.4 is 15.4 Å². The molecule has 0 aliphatic rings. The lowest BCUT2D eigenvalue weighted by Gasteiger charge is -2.09. The molecule has 1 aromatic carbocycles. The first kappa shape index (κ1) is 15.4. The molecule has 0 spiro atoms. The molecular formula is C13H18F2N2O2. The van der Waals surface area contributed by atoms with E-state index in [1.807, 2.05) is 13.8 Å². The predicted molar refractivity (Wildman–Crippen MR) is 68.1 cm³/mol. The standard InChI is InChI=1S/C13H18F2N2O2/c1-9(2)16-8-12(18)17-7-10-3-5-11(6-4-10)19-13(14)15/h3-6,9,13,16H,7-8H2,1-2H3,(H,17,18). The number of ether oxygens (including phenoxy) is 1. The number of amides is 1. The zero-order chi connectivity index (χ0) is 14.3. The first-order valence-corrected chi connectivity index (χ1v) is 6.01. The highest BCUT2D eigenvalue weighted by Crippen LogP contribution is 2.14. The highest BCUT2D eigenvalue weighted by Gasteiger charge is 2.05. The lowest BCUT2D eigenvalue weighted by atomic mass is 10.2. The Labute approximate surface area is 111 Å². The van der Waals surface area contributed by atoms with Crippen molar-refractivity contribution in [3.8, 4) is 5.75 Å². The van der Waals surface area contributed by atoms with Crippen LogP contribution in [0.5, 0.6) is 5.75 Å². The van der Waals surface area contributed by atoms with Crippen molar-refractivity contribution in [1.29, 1.82) is 0 Å². The third-order valence-corrected chi connectivity index (χ3v) is 2.31. The largest absolute Gasteiger partial charge is 0.435 e. The highest BCUT2D eigenvalue weighted by atomic mass is 19.3. The van der Waals surface area contributed by atoms with E-state index in [1.54, 1.807) is 12.1 Å². The van der Waals surface area contributed by atoms with Gasteiger partial charge >= 0.3 is 6.61 Å². The molecule has 4 nitrogen and oxygen atoms in total. The Morgan fingerprint density at radius 1 is 1.26 bits per heavy atom. The lowest BCUT2D eigenvalue weighted by molar-refractivity contribution is -0.120. The number of halogens is 2. The van der Waals surface area contributed by atoms with Crippen molar-refractivity contribution in [2.45, 2.75) is 33.0 Å². The average Bonchev–Trinajstić information content (AvgIpc) is 2.35. The van der Waals surface area contributed by atoms with Crippen molar-refractivity contribution in [1.82, 2.24) is 10.6 Å². The smallest absolute Gasteiger partial charge is 0.387 e. The van der Waals surface area contributed by atoms with Crippen molar-refractivity contribution in [3.05, 3.63) is 29.8 Å². The Morgan fingerprint density at radius 3 is 2.42 bits per heavy atom. The van der Waals surface area contributed by atoms with Crippen molar-refractivity contribution in [2.24, 2.45) is 0 Å². The first-order chi connectivity index (χ1) is 8.97. The quantitative estimate of drug-likeness (QED) is 0.797. The number of nitrogens with one attached hydrogen (secondary N) is 2. The van der Waals surface area contributed by atoms with E-state index in [0.717, 1.165) is 5.56 Å². The van der Waals surface area contributed by atoms with Gasteiger partial charge in [0, 0.05) is 12.6 Å². The van der Waals surface area contributed by atoms with E-state index in [4.69, 9.17) is 0 Å². The predicted octanol–water partition coefficient (Wildman–Crippen LogP) is 1.90. The molecule has 0 saturated carbocycles. The molecular weight excluding hydrogens is 254 g/mol. The third-order valence-electron chi connectivity index (χ3n) is 2.31. The van der Waals surface area contributed by atoms with Gasteiger partial charge < -0.3 is 15.4 Å². The summed E-state index contributed by atoms with van der Waals surface area (Å²) >= 11 is 0. The summed E-state index contributed by atoms with van der Waals surface area (Å²) in [5, 5.41) is 5.72. The minimum atomic E-state index is -2.83. The molecule has 106 valence electrons. The SMILES string of the molecule is CC(C)NCC(=O)NCc1ccc(OC(F)F)cc1. The second kappa shape index (κ2) is 7.68. The number of carbonyl (C=O) groups is 1. The van der Waals surface area contributed by atoms with E-state index in [-0.39, 0.29) is 24.2 Å². The molecule has 0 saturated heterocycles. The maximum Gasteiger partial charge on any atom is 0.387 e. The molecule has 19 heavy (non-hydrogen) atoms. The van der Waals surface area contributed by atoms with Crippen LogP contribution >= 0.6 is 0 Å². The Bertz CT molecular complexity index is 394. The summed E-state index contributed by atoms with van der Waals surface area (Å²) in [5.41, 5.74) is 0.819. The zero-order valence-corrected chi connectivity index (χ0v) is 11.0. The normalized spacial score (nSPS) is 10.8. The maximum atomic E-state index is 11.9. The van der Waals surface area contributed by atoms with E-state index in [1.165, 1.54) is 12.1 Å². The molecule has 0 aromatic heterocycles. The molecule has 1 rings (SSSR count). The highest BCUT2D eigenvalue weighted by molar-refractivity contribution is 5.77. The summed E-state index contributed by atoms with van der Waals surface area (Å²) in [6.45, 7) is 1.69. The molecule has 0 aliphatic heterocycles. The minimum absolute atomic E-state index is 0.103. The first-order valence-electron chi connectivity index (χ1n) is 6.01. The van der Waals surface area contributed by atoms with Gasteiger partial charge in [-0.15, -0.1) is 0 Å². The van der Waals surface area contributed by atoms with Crippen LogP contribution in [0.3, 0.4) is 0 Å². The van der Waals surface area contributed by atoms with E-state index >= 15 is 0 Å². The summed E-state index contributed by atoms with van der Waals surface area (Å²) in [6, 6.07) is 6.40. The van der Waals surface area contributed by atoms with E-state index in [0.29, 0.717) is 6.54 Å². The van der Waals surface area contributed by atoms with Crippen LogP contribution in [0, 0.1) is 0 Å². The fourth-order valence-electron chi connectivity index (χ4n) is 1.35. The fourth-order valence-corrected chi connectivity index (χ4v) is 1.35. The maximum absolute atomic E-state index is 11.9. The van der Waals surface area contributed by atoms with Gasteiger partial charge in [0.1, 0.15) is 5.75 Å². The third kappa shape index (κ3) is 6.71. The van der Waals surface area contributed by atoms with Gasteiger partial charge in [-0.3, -0.25) is 4.79 Å². The van der Waals surface area contributed by atoms with Gasteiger partial charge in [-0.2, -0.15) is 8.78 Å². The molecule has 6 heteroatoms. The van der Waals surface area contributed by atoms with Crippen LogP contribution in [0.2, 0.25) is 0 Å². The van der Waals surface area contributed by atoms with Crippen molar-refractivity contribution < 1.29 is 18.3 Å². The number of hydrogen-bond acceptors (Lipinski definition) is 3. The Hall–Kier alpha value is -1.69.